The maximum atomic E-state index is 9.12. The second-order valence-electron chi connectivity index (χ2n) is 7.03. The van der Waals surface area contributed by atoms with Crippen molar-refractivity contribution in [1.82, 2.24) is 14.7 Å². The molecule has 2 aromatic carbocycles. The van der Waals surface area contributed by atoms with E-state index < -0.39 is 0 Å². The van der Waals surface area contributed by atoms with Gasteiger partial charge in [-0.2, -0.15) is 10.4 Å². The van der Waals surface area contributed by atoms with Crippen molar-refractivity contribution in [1.29, 1.82) is 5.26 Å². The summed E-state index contributed by atoms with van der Waals surface area (Å²) in [5, 5.41) is 14.8. The van der Waals surface area contributed by atoms with E-state index in [2.05, 4.69) is 36.2 Å². The Morgan fingerprint density at radius 3 is 2.68 bits per heavy atom. The van der Waals surface area contributed by atoms with E-state index in [1.807, 2.05) is 37.3 Å². The molecule has 0 aliphatic carbocycles. The average Bonchev–Trinajstić information content (AvgIpc) is 3.04. The lowest BCUT2D eigenvalue weighted by molar-refractivity contribution is 0.280. The van der Waals surface area contributed by atoms with Gasteiger partial charge in [-0.1, -0.05) is 0 Å². The number of fused-ring (bicyclic) bond motifs is 1. The molecule has 0 saturated heterocycles. The Hall–Kier alpha value is -3.04. The Balaban J connectivity index is 1.91. The van der Waals surface area contributed by atoms with Crippen LogP contribution in [0.4, 0.5) is 0 Å². The molecule has 146 valence electrons. The van der Waals surface area contributed by atoms with E-state index in [0.29, 0.717) is 6.61 Å². The summed E-state index contributed by atoms with van der Waals surface area (Å²) in [6, 6.07) is 14.1. The second-order valence-corrected chi connectivity index (χ2v) is 7.03. The van der Waals surface area contributed by atoms with Crippen LogP contribution in [0.15, 0.2) is 36.4 Å². The molecule has 0 saturated carbocycles. The first-order valence-corrected chi connectivity index (χ1v) is 9.33. The fraction of sp³-hybridized carbons (Fsp3) is 0.364. The molecule has 1 heterocycles. The number of aromatic nitrogens is 2. The number of benzene rings is 2. The quantitative estimate of drug-likeness (QED) is 0.557. The van der Waals surface area contributed by atoms with Crippen molar-refractivity contribution in [2.24, 2.45) is 0 Å². The number of aryl methyl sites for hydroxylation is 1. The van der Waals surface area contributed by atoms with E-state index >= 15 is 0 Å². The molecule has 0 bridgehead atoms. The van der Waals surface area contributed by atoms with Gasteiger partial charge in [-0.15, -0.1) is 0 Å². The molecule has 6 nitrogen and oxygen atoms in total. The van der Waals surface area contributed by atoms with Crippen LogP contribution in [-0.2, 0) is 6.54 Å². The van der Waals surface area contributed by atoms with Crippen LogP contribution in [-0.4, -0.2) is 49.0 Å². The van der Waals surface area contributed by atoms with Crippen LogP contribution < -0.4 is 9.47 Å². The first-order valence-electron chi connectivity index (χ1n) is 9.33. The van der Waals surface area contributed by atoms with Crippen LogP contribution in [0.5, 0.6) is 11.5 Å². The largest absolute Gasteiger partial charge is 0.497 e. The van der Waals surface area contributed by atoms with Gasteiger partial charge in [-0.05, 0) is 69.4 Å². The molecule has 0 radical (unpaired) electrons. The van der Waals surface area contributed by atoms with E-state index in [4.69, 9.17) is 14.7 Å². The van der Waals surface area contributed by atoms with E-state index in [1.54, 1.807) is 11.8 Å². The van der Waals surface area contributed by atoms with Crippen LogP contribution in [0.2, 0.25) is 0 Å². The van der Waals surface area contributed by atoms with Gasteiger partial charge < -0.3 is 14.4 Å². The summed E-state index contributed by atoms with van der Waals surface area (Å²) in [7, 11) is 5.77. The van der Waals surface area contributed by atoms with E-state index in [9.17, 15) is 0 Å². The fourth-order valence-electron chi connectivity index (χ4n) is 3.21. The summed E-state index contributed by atoms with van der Waals surface area (Å²) >= 11 is 0. The molecule has 0 unspecified atom stereocenters. The highest BCUT2D eigenvalue weighted by Gasteiger charge is 2.14. The third-order valence-corrected chi connectivity index (χ3v) is 4.63. The summed E-state index contributed by atoms with van der Waals surface area (Å²) < 4.78 is 13.0. The highest BCUT2D eigenvalue weighted by Crippen LogP contribution is 2.33. The van der Waals surface area contributed by atoms with Crippen molar-refractivity contribution in [3.05, 3.63) is 42.0 Å². The van der Waals surface area contributed by atoms with Gasteiger partial charge in [-0.25, -0.2) is 0 Å². The lowest BCUT2D eigenvalue weighted by Crippen LogP contribution is -2.15. The molecule has 28 heavy (non-hydrogen) atoms. The molecule has 0 amide bonds. The molecular formula is C22H26N4O2. The minimum absolute atomic E-state index is 0.203. The third-order valence-electron chi connectivity index (χ3n) is 4.63. The predicted octanol–water partition coefficient (Wildman–Crippen LogP) is 3.87. The Bertz CT molecular complexity index is 1000. The second kappa shape index (κ2) is 8.77. The molecule has 1 aromatic heterocycles. The van der Waals surface area contributed by atoms with Crippen molar-refractivity contribution in [2.75, 3.05) is 34.4 Å². The van der Waals surface area contributed by atoms with Crippen LogP contribution in [0.3, 0.4) is 0 Å². The highest BCUT2D eigenvalue weighted by molar-refractivity contribution is 5.94. The van der Waals surface area contributed by atoms with E-state index in [1.165, 1.54) is 0 Å². The van der Waals surface area contributed by atoms with Gasteiger partial charge in [0.05, 0.1) is 25.3 Å². The SMILES string of the molecule is COc1ccc2c(c1)c(-c1ccc(OCCCN(C)C)c(C)c1)nn2CC#N. The summed E-state index contributed by atoms with van der Waals surface area (Å²) in [6.45, 7) is 3.94. The summed E-state index contributed by atoms with van der Waals surface area (Å²) in [4.78, 5) is 2.15. The zero-order chi connectivity index (χ0) is 20.1. The molecule has 0 aliphatic heterocycles. The van der Waals surface area contributed by atoms with Gasteiger partial charge in [0.1, 0.15) is 23.7 Å². The van der Waals surface area contributed by atoms with Crippen LogP contribution in [0.1, 0.15) is 12.0 Å². The normalized spacial score (nSPS) is 11.0. The Morgan fingerprint density at radius 2 is 2.00 bits per heavy atom. The number of hydrogen-bond acceptors (Lipinski definition) is 5. The number of nitriles is 1. The van der Waals surface area contributed by atoms with Crippen molar-refractivity contribution in [3.8, 4) is 28.8 Å². The maximum absolute atomic E-state index is 9.12. The molecule has 0 N–H and O–H groups in total. The zero-order valence-electron chi connectivity index (χ0n) is 16.9. The van der Waals surface area contributed by atoms with Crippen LogP contribution in [0.25, 0.3) is 22.2 Å². The summed E-state index contributed by atoms with van der Waals surface area (Å²) in [5.74, 6) is 1.66. The maximum Gasteiger partial charge on any atom is 0.128 e. The lowest BCUT2D eigenvalue weighted by atomic mass is 10.0. The van der Waals surface area contributed by atoms with E-state index in [0.717, 1.165) is 52.2 Å². The molecule has 0 fully saturated rings. The van der Waals surface area contributed by atoms with Crippen LogP contribution >= 0.6 is 0 Å². The monoisotopic (exact) mass is 378 g/mol. The molecular weight excluding hydrogens is 352 g/mol. The first-order chi connectivity index (χ1) is 13.5. The van der Waals surface area contributed by atoms with Gasteiger partial charge in [0.15, 0.2) is 0 Å². The Morgan fingerprint density at radius 1 is 1.18 bits per heavy atom. The number of methoxy groups -OCH3 is 1. The molecule has 3 aromatic rings. The molecule has 0 atom stereocenters. The summed E-state index contributed by atoms with van der Waals surface area (Å²) in [6.07, 6.45) is 0.983. The number of ether oxygens (including phenoxy) is 2. The van der Waals surface area contributed by atoms with Crippen molar-refractivity contribution in [3.63, 3.8) is 0 Å². The molecule has 3 rings (SSSR count). The van der Waals surface area contributed by atoms with Gasteiger partial charge in [-0.3, -0.25) is 4.68 Å². The smallest absolute Gasteiger partial charge is 0.128 e. The minimum atomic E-state index is 0.203. The van der Waals surface area contributed by atoms with E-state index in [-0.39, 0.29) is 6.54 Å². The number of hydrogen-bond donors (Lipinski definition) is 0. The Kier molecular flexibility index (Phi) is 6.17. The summed E-state index contributed by atoms with van der Waals surface area (Å²) in [5.41, 5.74) is 3.81. The first kappa shape index (κ1) is 19.7. The minimum Gasteiger partial charge on any atom is -0.497 e. The predicted molar refractivity (Wildman–Crippen MR) is 111 cm³/mol. The van der Waals surface area contributed by atoms with Gasteiger partial charge in [0, 0.05) is 17.5 Å². The number of rotatable bonds is 8. The molecule has 0 aliphatic rings. The zero-order valence-corrected chi connectivity index (χ0v) is 16.9. The van der Waals surface area contributed by atoms with Gasteiger partial charge >= 0.3 is 0 Å². The lowest BCUT2D eigenvalue weighted by Gasteiger charge is -2.12. The average molecular weight is 378 g/mol. The Labute approximate surface area is 165 Å². The molecule has 0 spiro atoms. The van der Waals surface area contributed by atoms with Crippen molar-refractivity contribution in [2.45, 2.75) is 19.9 Å². The van der Waals surface area contributed by atoms with Crippen molar-refractivity contribution < 1.29 is 9.47 Å². The van der Waals surface area contributed by atoms with Gasteiger partial charge in [0.2, 0.25) is 0 Å². The fourth-order valence-corrected chi connectivity index (χ4v) is 3.21. The molecule has 6 heteroatoms. The standard InChI is InChI=1S/C22H26N4O2/c1-16-14-17(6-9-21(16)28-13-5-11-25(2)3)22-19-15-18(27-4)7-8-20(19)26(24-22)12-10-23/h6-9,14-15H,5,11-13H2,1-4H3. The topological polar surface area (TPSA) is 63.3 Å². The number of nitrogens with zero attached hydrogens (tertiary/aromatic N) is 4. The van der Waals surface area contributed by atoms with Crippen molar-refractivity contribution >= 4 is 10.9 Å². The van der Waals surface area contributed by atoms with Crippen LogP contribution in [0, 0.1) is 18.3 Å². The third kappa shape index (κ3) is 4.26. The van der Waals surface area contributed by atoms with Gasteiger partial charge in [0.25, 0.3) is 0 Å². The highest BCUT2D eigenvalue weighted by atomic mass is 16.5.